The van der Waals surface area contributed by atoms with E-state index in [4.69, 9.17) is 16.7 Å². The lowest BCUT2D eigenvalue weighted by molar-refractivity contribution is 0.285. The molecule has 0 amide bonds. The highest BCUT2D eigenvalue weighted by molar-refractivity contribution is 7.16. The van der Waals surface area contributed by atoms with E-state index in [1.165, 1.54) is 17.8 Å². The lowest BCUT2D eigenvalue weighted by Gasteiger charge is -2.14. The lowest BCUT2D eigenvalue weighted by Crippen LogP contribution is -2.20. The van der Waals surface area contributed by atoms with Gasteiger partial charge in [0.05, 0.1) is 11.5 Å². The number of aromatic nitrogens is 1. The number of hydrogen-bond donors (Lipinski definition) is 1. The number of nitrogens with zero attached hydrogens (tertiary/aromatic N) is 2. The van der Waals surface area contributed by atoms with Gasteiger partial charge in [0.15, 0.2) is 5.13 Å². The lowest BCUT2D eigenvalue weighted by atomic mass is 10.3. The van der Waals surface area contributed by atoms with Crippen LogP contribution in [0.1, 0.15) is 18.2 Å². The third kappa shape index (κ3) is 2.44. The summed E-state index contributed by atoms with van der Waals surface area (Å²) in [6, 6.07) is 0. The van der Waals surface area contributed by atoms with Crippen molar-refractivity contribution in [3.8, 4) is 0 Å². The maximum atomic E-state index is 9.02. The average molecular weight is 247 g/mol. The van der Waals surface area contributed by atoms with E-state index in [2.05, 4.69) is 16.8 Å². The van der Waals surface area contributed by atoms with Gasteiger partial charge < -0.3 is 10.0 Å². The van der Waals surface area contributed by atoms with Crippen molar-refractivity contribution in [1.82, 2.24) is 4.98 Å². The molecule has 5 heteroatoms. The van der Waals surface area contributed by atoms with Crippen LogP contribution in [-0.4, -0.2) is 23.7 Å². The molecule has 1 aromatic heterocycles. The van der Waals surface area contributed by atoms with Crippen molar-refractivity contribution in [1.29, 1.82) is 0 Å². The van der Waals surface area contributed by atoms with Crippen LogP contribution in [0.25, 0.3) is 0 Å². The van der Waals surface area contributed by atoms with Gasteiger partial charge >= 0.3 is 0 Å². The Morgan fingerprint density at radius 1 is 1.67 bits per heavy atom. The standard InChI is InChI=1S/C10H15ClN2OS/c1-6-3-7(6)4-13(2)10-12-9(11)8(5-14)15-10/h6-7,14H,3-5H2,1-2H3. The Morgan fingerprint density at radius 2 is 2.33 bits per heavy atom. The predicted molar refractivity (Wildman–Crippen MR) is 63.6 cm³/mol. The summed E-state index contributed by atoms with van der Waals surface area (Å²) in [4.78, 5) is 7.12. The molecular formula is C10H15ClN2OS. The van der Waals surface area contributed by atoms with Crippen LogP contribution in [0.5, 0.6) is 0 Å². The zero-order valence-corrected chi connectivity index (χ0v) is 10.5. The molecule has 1 fully saturated rings. The van der Waals surface area contributed by atoms with Gasteiger partial charge in [-0.15, -0.1) is 0 Å². The van der Waals surface area contributed by atoms with Crippen LogP contribution < -0.4 is 4.90 Å². The van der Waals surface area contributed by atoms with Crippen molar-refractivity contribution in [2.75, 3.05) is 18.5 Å². The predicted octanol–water partition coefficient (Wildman–Crippen LogP) is 2.38. The zero-order chi connectivity index (χ0) is 11.0. The van der Waals surface area contributed by atoms with Gasteiger partial charge in [0, 0.05) is 13.6 Å². The van der Waals surface area contributed by atoms with Gasteiger partial charge in [0.25, 0.3) is 0 Å². The van der Waals surface area contributed by atoms with Crippen molar-refractivity contribution in [2.24, 2.45) is 11.8 Å². The van der Waals surface area contributed by atoms with E-state index in [0.29, 0.717) is 5.15 Å². The quantitative estimate of drug-likeness (QED) is 0.886. The molecular weight excluding hydrogens is 232 g/mol. The highest BCUT2D eigenvalue weighted by Gasteiger charge is 2.33. The van der Waals surface area contributed by atoms with E-state index in [9.17, 15) is 0 Å². The Morgan fingerprint density at radius 3 is 2.80 bits per heavy atom. The Labute approximate surface area is 98.7 Å². The molecule has 2 unspecified atom stereocenters. The fourth-order valence-corrected chi connectivity index (χ4v) is 2.75. The second-order valence-electron chi connectivity index (χ2n) is 4.22. The summed E-state index contributed by atoms with van der Waals surface area (Å²) in [7, 11) is 2.03. The molecule has 1 heterocycles. The number of thiazole rings is 1. The molecule has 1 N–H and O–H groups in total. The van der Waals surface area contributed by atoms with E-state index in [1.54, 1.807) is 0 Å². The Bertz CT molecular complexity index is 355. The molecule has 1 aromatic rings. The topological polar surface area (TPSA) is 36.4 Å². The van der Waals surface area contributed by atoms with Crippen molar-refractivity contribution < 1.29 is 5.11 Å². The van der Waals surface area contributed by atoms with Crippen molar-refractivity contribution in [2.45, 2.75) is 20.0 Å². The summed E-state index contributed by atoms with van der Waals surface area (Å²) in [5, 5.41) is 10.4. The number of aliphatic hydroxyl groups is 1. The minimum Gasteiger partial charge on any atom is -0.391 e. The summed E-state index contributed by atoms with van der Waals surface area (Å²) in [5.41, 5.74) is 0. The van der Waals surface area contributed by atoms with E-state index in [1.807, 2.05) is 7.05 Å². The molecule has 2 rings (SSSR count). The molecule has 1 saturated carbocycles. The second kappa shape index (κ2) is 4.28. The highest BCUT2D eigenvalue weighted by atomic mass is 35.5. The summed E-state index contributed by atoms with van der Waals surface area (Å²) in [6.07, 6.45) is 1.32. The molecule has 0 saturated heterocycles. The Kier molecular flexibility index (Phi) is 3.19. The molecule has 1 aliphatic rings. The number of aliphatic hydroxyl groups excluding tert-OH is 1. The van der Waals surface area contributed by atoms with Crippen LogP contribution in [0.15, 0.2) is 0 Å². The van der Waals surface area contributed by atoms with Crippen LogP contribution in [0, 0.1) is 11.8 Å². The molecule has 15 heavy (non-hydrogen) atoms. The van der Waals surface area contributed by atoms with Gasteiger partial charge in [-0.2, -0.15) is 0 Å². The Hall–Kier alpha value is -0.320. The molecule has 1 aliphatic carbocycles. The van der Waals surface area contributed by atoms with Gasteiger partial charge in [-0.3, -0.25) is 0 Å². The van der Waals surface area contributed by atoms with Gasteiger partial charge in [0.1, 0.15) is 5.15 Å². The molecule has 0 bridgehead atoms. The van der Waals surface area contributed by atoms with Crippen molar-refractivity contribution >= 4 is 28.1 Å². The van der Waals surface area contributed by atoms with Crippen LogP contribution >= 0.6 is 22.9 Å². The number of hydrogen-bond acceptors (Lipinski definition) is 4. The largest absolute Gasteiger partial charge is 0.391 e. The maximum Gasteiger partial charge on any atom is 0.186 e. The smallest absolute Gasteiger partial charge is 0.186 e. The summed E-state index contributed by atoms with van der Waals surface area (Å²) < 4.78 is 0. The third-order valence-electron chi connectivity index (χ3n) is 2.89. The summed E-state index contributed by atoms with van der Waals surface area (Å²) >= 11 is 7.35. The molecule has 0 spiro atoms. The van der Waals surface area contributed by atoms with E-state index < -0.39 is 0 Å². The van der Waals surface area contributed by atoms with Crippen molar-refractivity contribution in [3.63, 3.8) is 0 Å². The molecule has 3 nitrogen and oxygen atoms in total. The first-order valence-corrected chi connectivity index (χ1v) is 6.28. The molecule has 0 radical (unpaired) electrons. The third-order valence-corrected chi connectivity index (χ3v) is 4.47. The highest BCUT2D eigenvalue weighted by Crippen LogP contribution is 2.39. The van der Waals surface area contributed by atoms with Crippen LogP contribution in [0.4, 0.5) is 5.13 Å². The molecule has 84 valence electrons. The molecule has 2 atom stereocenters. The Balaban J connectivity index is 2.01. The van der Waals surface area contributed by atoms with Gasteiger partial charge in [-0.25, -0.2) is 4.98 Å². The van der Waals surface area contributed by atoms with Crippen molar-refractivity contribution in [3.05, 3.63) is 10.0 Å². The van der Waals surface area contributed by atoms with Gasteiger partial charge in [-0.05, 0) is 18.3 Å². The SMILES string of the molecule is CC1CC1CN(C)c1nc(Cl)c(CO)s1. The number of anilines is 1. The number of rotatable bonds is 4. The van der Waals surface area contributed by atoms with Gasteiger partial charge in [0.2, 0.25) is 0 Å². The molecule has 0 aliphatic heterocycles. The first-order chi connectivity index (χ1) is 7.11. The fourth-order valence-electron chi connectivity index (χ4n) is 1.67. The van der Waals surface area contributed by atoms with E-state index in [-0.39, 0.29) is 6.61 Å². The summed E-state index contributed by atoms with van der Waals surface area (Å²) in [5.74, 6) is 1.65. The minimum atomic E-state index is -0.0236. The van der Waals surface area contributed by atoms with Crippen LogP contribution in [0.2, 0.25) is 5.15 Å². The van der Waals surface area contributed by atoms with Gasteiger partial charge in [-0.1, -0.05) is 29.9 Å². The fraction of sp³-hybridized carbons (Fsp3) is 0.700. The minimum absolute atomic E-state index is 0.0236. The monoisotopic (exact) mass is 246 g/mol. The zero-order valence-electron chi connectivity index (χ0n) is 8.90. The van der Waals surface area contributed by atoms with Crippen LogP contribution in [-0.2, 0) is 6.61 Å². The summed E-state index contributed by atoms with van der Waals surface area (Å²) in [6.45, 7) is 3.28. The molecule has 0 aromatic carbocycles. The first kappa shape index (κ1) is 11.2. The second-order valence-corrected chi connectivity index (χ2v) is 5.64. The normalized spacial score (nSPS) is 24.3. The average Bonchev–Trinajstić information content (AvgIpc) is 2.75. The maximum absolute atomic E-state index is 9.02. The van der Waals surface area contributed by atoms with E-state index >= 15 is 0 Å². The van der Waals surface area contributed by atoms with E-state index in [0.717, 1.165) is 28.4 Å². The first-order valence-electron chi connectivity index (χ1n) is 5.09. The number of halogens is 1. The van der Waals surface area contributed by atoms with Crippen LogP contribution in [0.3, 0.4) is 0 Å².